The van der Waals surface area contributed by atoms with Gasteiger partial charge in [0.05, 0.1) is 12.0 Å². The number of ether oxygens (including phenoxy) is 2. The molecule has 5 N–H and O–H groups in total. The summed E-state index contributed by atoms with van der Waals surface area (Å²) in [5.74, 6) is -1.21. The van der Waals surface area contributed by atoms with Crippen LogP contribution in [-0.2, 0) is 14.3 Å². The average Bonchev–Trinajstić information content (AvgIpc) is 3.11. The van der Waals surface area contributed by atoms with E-state index in [1.165, 1.54) is 148 Å². The van der Waals surface area contributed by atoms with E-state index in [0.717, 1.165) is 38.5 Å². The predicted molar refractivity (Wildman–Crippen MR) is 204 cm³/mol. The van der Waals surface area contributed by atoms with Gasteiger partial charge < -0.3 is 35.0 Å². The fraction of sp³-hybridized carbons (Fsp3) is 0.976. The van der Waals surface area contributed by atoms with Crippen molar-refractivity contribution in [3.8, 4) is 0 Å². The third-order valence-electron chi connectivity index (χ3n) is 10.8. The molecule has 1 heterocycles. The van der Waals surface area contributed by atoms with Crippen LogP contribution in [0.3, 0.4) is 0 Å². The molecule has 8 heteroatoms. The van der Waals surface area contributed by atoms with Gasteiger partial charge in [0.1, 0.15) is 31.0 Å². The Morgan fingerprint density at radius 2 is 0.840 bits per heavy atom. The summed E-state index contributed by atoms with van der Waals surface area (Å²) >= 11 is 0. The third kappa shape index (κ3) is 23.7. The Hall–Kier alpha value is -0.770. The maximum Gasteiger partial charge on any atom is 0.311 e. The number of hydrogen-bond acceptors (Lipinski definition) is 8. The first-order chi connectivity index (χ1) is 24.3. The Morgan fingerprint density at radius 3 is 1.22 bits per heavy atom. The molecule has 7 atom stereocenters. The van der Waals surface area contributed by atoms with Crippen LogP contribution in [-0.4, -0.2) is 74.9 Å². The third-order valence-corrected chi connectivity index (χ3v) is 10.8. The number of rotatable bonds is 35. The van der Waals surface area contributed by atoms with Crippen LogP contribution in [0.4, 0.5) is 0 Å². The number of carbonyl (C=O) groups is 1. The van der Waals surface area contributed by atoms with Crippen molar-refractivity contribution in [3.05, 3.63) is 0 Å². The van der Waals surface area contributed by atoms with E-state index >= 15 is 0 Å². The van der Waals surface area contributed by atoms with Crippen LogP contribution in [0.5, 0.6) is 0 Å². The van der Waals surface area contributed by atoms with Crippen LogP contribution in [0, 0.1) is 5.92 Å². The first kappa shape index (κ1) is 47.3. The molecule has 1 aliphatic rings. The quantitative estimate of drug-likeness (QED) is 0.0324. The topological polar surface area (TPSA) is 137 Å². The van der Waals surface area contributed by atoms with Gasteiger partial charge in [-0.25, -0.2) is 0 Å². The number of unbranched alkanes of at least 4 members (excludes halogenated alkanes) is 27. The van der Waals surface area contributed by atoms with Crippen LogP contribution in [0.1, 0.15) is 213 Å². The highest BCUT2D eigenvalue weighted by molar-refractivity contribution is 5.73. The maximum atomic E-state index is 13.2. The molecule has 298 valence electrons. The Balaban J connectivity index is 2.30. The summed E-state index contributed by atoms with van der Waals surface area (Å²) in [5.41, 5.74) is 0. The highest BCUT2D eigenvalue weighted by Crippen LogP contribution is 2.24. The second-order valence-corrected chi connectivity index (χ2v) is 15.5. The largest absolute Gasteiger partial charge is 0.463 e. The molecule has 1 fully saturated rings. The lowest BCUT2D eigenvalue weighted by Gasteiger charge is -2.38. The van der Waals surface area contributed by atoms with Crippen LogP contribution in [0.2, 0.25) is 0 Å². The minimum absolute atomic E-state index is 0.373. The van der Waals surface area contributed by atoms with Crippen LogP contribution in [0.25, 0.3) is 0 Å². The van der Waals surface area contributed by atoms with Gasteiger partial charge in [-0.3, -0.25) is 4.79 Å². The van der Waals surface area contributed by atoms with Gasteiger partial charge in [-0.05, 0) is 12.8 Å². The highest BCUT2D eigenvalue weighted by Gasteiger charge is 2.43. The van der Waals surface area contributed by atoms with E-state index in [4.69, 9.17) is 9.47 Å². The zero-order chi connectivity index (χ0) is 36.7. The number of carbonyl (C=O) groups excluding carboxylic acids is 1. The normalized spacial score (nSPS) is 22.1. The van der Waals surface area contributed by atoms with E-state index in [2.05, 4.69) is 13.8 Å². The van der Waals surface area contributed by atoms with Crippen molar-refractivity contribution in [1.82, 2.24) is 0 Å². The molecule has 0 aliphatic carbocycles. The summed E-state index contributed by atoms with van der Waals surface area (Å²) in [6, 6.07) is 0. The summed E-state index contributed by atoms with van der Waals surface area (Å²) in [4.78, 5) is 13.2. The zero-order valence-corrected chi connectivity index (χ0v) is 32.6. The molecule has 0 bridgehead atoms. The first-order valence-corrected chi connectivity index (χ1v) is 21.6. The average molecular weight is 715 g/mol. The molecule has 0 spiro atoms. The van der Waals surface area contributed by atoms with E-state index in [0.29, 0.717) is 12.8 Å². The lowest BCUT2D eigenvalue weighted by Crippen LogP contribution is -2.58. The number of esters is 1. The van der Waals surface area contributed by atoms with Crippen molar-refractivity contribution in [2.45, 2.75) is 250 Å². The van der Waals surface area contributed by atoms with Gasteiger partial charge in [-0.1, -0.05) is 200 Å². The summed E-state index contributed by atoms with van der Waals surface area (Å²) in [6.45, 7) is 4.14. The molecule has 0 radical (unpaired) electrons. The lowest BCUT2D eigenvalue weighted by atomic mass is 9.91. The van der Waals surface area contributed by atoms with Gasteiger partial charge in [0.25, 0.3) is 0 Å². The van der Waals surface area contributed by atoms with Gasteiger partial charge in [-0.2, -0.15) is 0 Å². The smallest absolute Gasteiger partial charge is 0.311 e. The van der Waals surface area contributed by atoms with Crippen molar-refractivity contribution in [2.24, 2.45) is 5.92 Å². The monoisotopic (exact) mass is 715 g/mol. The van der Waals surface area contributed by atoms with Crippen molar-refractivity contribution in [2.75, 3.05) is 6.61 Å². The molecular weight excluding hydrogens is 632 g/mol. The minimum atomic E-state index is -1.68. The predicted octanol–water partition coefficient (Wildman–Crippen LogP) is 9.44. The molecule has 0 amide bonds. The molecule has 0 aromatic heterocycles. The molecule has 0 unspecified atom stereocenters. The van der Waals surface area contributed by atoms with Crippen molar-refractivity contribution >= 4 is 5.97 Å². The Kier molecular flexibility index (Phi) is 31.0. The number of aliphatic hydroxyl groups is 5. The van der Waals surface area contributed by atoms with E-state index in [9.17, 15) is 30.3 Å². The number of aliphatic hydroxyl groups excluding tert-OH is 5. The Bertz CT molecular complexity index is 751. The molecule has 1 aliphatic heterocycles. The molecule has 50 heavy (non-hydrogen) atoms. The number of hydrogen-bond donors (Lipinski definition) is 5. The van der Waals surface area contributed by atoms with E-state index in [1.54, 1.807) is 0 Å². The van der Waals surface area contributed by atoms with Crippen LogP contribution >= 0.6 is 0 Å². The minimum Gasteiger partial charge on any atom is -0.463 e. The fourth-order valence-electron chi connectivity index (χ4n) is 7.29. The van der Waals surface area contributed by atoms with E-state index < -0.39 is 48.7 Å². The molecular formula is C42H82O8. The molecule has 0 saturated carbocycles. The second kappa shape index (κ2) is 32.8. The van der Waals surface area contributed by atoms with Gasteiger partial charge in [0, 0.05) is 0 Å². The Labute approximate surface area is 307 Å². The molecule has 1 rings (SSSR count). The van der Waals surface area contributed by atoms with Crippen molar-refractivity contribution < 1.29 is 39.8 Å². The SMILES string of the molecule is CCCCCCCCCCCCCCCCCCC[C@@H](O)[C@@H](CCCCCCCCCCCCCC)C(=O)OC[C@@H]1O[C@@H](O)[C@H](O)[C@@H](O)[C@@H]1O. The first-order valence-electron chi connectivity index (χ1n) is 21.6. The van der Waals surface area contributed by atoms with Crippen LogP contribution in [0.15, 0.2) is 0 Å². The molecule has 1 saturated heterocycles. The summed E-state index contributed by atoms with van der Waals surface area (Å²) in [6.07, 6.45) is 29.4. The van der Waals surface area contributed by atoms with Crippen molar-refractivity contribution in [3.63, 3.8) is 0 Å². The molecule has 0 aromatic carbocycles. The van der Waals surface area contributed by atoms with E-state index in [-0.39, 0.29) is 6.61 Å². The van der Waals surface area contributed by atoms with Gasteiger partial charge in [-0.15, -0.1) is 0 Å². The van der Waals surface area contributed by atoms with Gasteiger partial charge in [0.15, 0.2) is 6.29 Å². The van der Waals surface area contributed by atoms with Gasteiger partial charge >= 0.3 is 5.97 Å². The maximum absolute atomic E-state index is 13.2. The van der Waals surface area contributed by atoms with Gasteiger partial charge in [0.2, 0.25) is 0 Å². The molecule has 8 nitrogen and oxygen atoms in total. The Morgan fingerprint density at radius 1 is 0.500 bits per heavy atom. The standard InChI is InChI=1S/C42H82O8/c1-3-5-7-9-11-13-15-17-18-19-20-21-23-25-27-29-31-33-36(43)35(32-30-28-26-24-22-16-14-12-10-8-6-4-2)41(47)49-34-37-38(44)39(45)40(46)42(48)50-37/h35-40,42-46,48H,3-34H2,1-2H3/t35-,36-,37+,38-,39+,40-,42-/m1/s1. The lowest BCUT2D eigenvalue weighted by molar-refractivity contribution is -0.287. The van der Waals surface area contributed by atoms with Crippen molar-refractivity contribution in [1.29, 1.82) is 0 Å². The second-order valence-electron chi connectivity index (χ2n) is 15.5. The van der Waals surface area contributed by atoms with E-state index in [1.807, 2.05) is 0 Å². The summed E-state index contributed by atoms with van der Waals surface area (Å²) < 4.78 is 10.6. The molecule has 0 aromatic rings. The zero-order valence-electron chi connectivity index (χ0n) is 32.6. The summed E-state index contributed by atoms with van der Waals surface area (Å²) in [7, 11) is 0. The summed E-state index contributed by atoms with van der Waals surface area (Å²) in [5, 5.41) is 50.9. The van der Waals surface area contributed by atoms with Crippen LogP contribution < -0.4 is 0 Å². The fourth-order valence-corrected chi connectivity index (χ4v) is 7.29. The highest BCUT2D eigenvalue weighted by atomic mass is 16.6.